The van der Waals surface area contributed by atoms with Gasteiger partial charge in [0.2, 0.25) is 5.28 Å². The van der Waals surface area contributed by atoms with Crippen LogP contribution >= 0.6 is 11.6 Å². The van der Waals surface area contributed by atoms with Crippen LogP contribution in [0.15, 0.2) is 12.1 Å². The maximum atomic E-state index is 9.20. The van der Waals surface area contributed by atoms with E-state index in [1.165, 1.54) is 7.11 Å². The fourth-order valence-electron chi connectivity index (χ4n) is 2.22. The monoisotopic (exact) mass is 327 g/mol. The standard InChI is InChI=1S/C14H18ClN3O4/c1-21-11-7-9-10(8-12(11)22-2)16-14(15)17-13(9)18(3-5-19)4-6-20/h7-8,19-20H,3-6H2,1-2H3. The lowest BCUT2D eigenvalue weighted by Crippen LogP contribution is -2.30. The van der Waals surface area contributed by atoms with Crippen LogP contribution in [0.2, 0.25) is 5.28 Å². The molecule has 0 aliphatic heterocycles. The number of nitrogens with zero attached hydrogens (tertiary/aromatic N) is 3. The van der Waals surface area contributed by atoms with Crippen molar-refractivity contribution in [2.75, 3.05) is 45.4 Å². The molecule has 2 rings (SSSR count). The van der Waals surface area contributed by atoms with Crippen LogP contribution in [0, 0.1) is 0 Å². The second kappa shape index (κ2) is 7.44. The van der Waals surface area contributed by atoms with Gasteiger partial charge in [-0.25, -0.2) is 4.98 Å². The summed E-state index contributed by atoms with van der Waals surface area (Å²) in [6, 6.07) is 3.46. The van der Waals surface area contributed by atoms with E-state index >= 15 is 0 Å². The second-order valence-corrected chi connectivity index (χ2v) is 4.81. The molecule has 0 radical (unpaired) electrons. The SMILES string of the molecule is COc1cc2nc(Cl)nc(N(CCO)CCO)c2cc1OC. The molecule has 7 nitrogen and oxygen atoms in total. The minimum absolute atomic E-state index is 0.0730. The van der Waals surface area contributed by atoms with Gasteiger partial charge in [-0.2, -0.15) is 4.98 Å². The molecule has 1 aromatic carbocycles. The van der Waals surface area contributed by atoms with Crippen molar-refractivity contribution in [3.63, 3.8) is 0 Å². The number of rotatable bonds is 7. The van der Waals surface area contributed by atoms with E-state index in [9.17, 15) is 10.2 Å². The number of aliphatic hydroxyl groups excluding tert-OH is 2. The van der Waals surface area contributed by atoms with Crippen molar-refractivity contribution in [2.24, 2.45) is 0 Å². The largest absolute Gasteiger partial charge is 0.493 e. The van der Waals surface area contributed by atoms with E-state index in [4.69, 9.17) is 21.1 Å². The predicted octanol–water partition coefficient (Wildman–Crippen LogP) is 1.09. The Morgan fingerprint density at radius 2 is 1.64 bits per heavy atom. The summed E-state index contributed by atoms with van der Waals surface area (Å²) in [5, 5.41) is 19.2. The molecule has 8 heteroatoms. The van der Waals surface area contributed by atoms with E-state index in [1.54, 1.807) is 24.1 Å². The molecule has 1 heterocycles. The molecule has 0 aliphatic rings. The van der Waals surface area contributed by atoms with Crippen molar-refractivity contribution in [1.82, 2.24) is 9.97 Å². The number of aliphatic hydroxyl groups is 2. The van der Waals surface area contributed by atoms with Crippen molar-refractivity contribution in [3.05, 3.63) is 17.4 Å². The average molecular weight is 328 g/mol. The highest BCUT2D eigenvalue weighted by Gasteiger charge is 2.17. The van der Waals surface area contributed by atoms with Gasteiger partial charge in [-0.1, -0.05) is 0 Å². The Morgan fingerprint density at radius 1 is 1.05 bits per heavy atom. The van der Waals surface area contributed by atoms with Gasteiger partial charge in [0, 0.05) is 24.5 Å². The van der Waals surface area contributed by atoms with Gasteiger partial charge < -0.3 is 24.6 Å². The predicted molar refractivity (Wildman–Crippen MR) is 84.0 cm³/mol. The van der Waals surface area contributed by atoms with Crippen LogP contribution in [-0.4, -0.2) is 60.7 Å². The Labute approximate surface area is 133 Å². The average Bonchev–Trinajstić information content (AvgIpc) is 2.52. The molecule has 0 saturated heterocycles. The molecule has 2 aromatic rings. The van der Waals surface area contributed by atoms with Crippen LogP contribution in [0.3, 0.4) is 0 Å². The van der Waals surface area contributed by atoms with Crippen molar-refractivity contribution in [2.45, 2.75) is 0 Å². The summed E-state index contributed by atoms with van der Waals surface area (Å²) in [6.07, 6.45) is 0. The number of methoxy groups -OCH3 is 2. The maximum Gasteiger partial charge on any atom is 0.224 e. The van der Waals surface area contributed by atoms with Gasteiger partial charge in [0.1, 0.15) is 5.82 Å². The zero-order valence-electron chi connectivity index (χ0n) is 12.4. The lowest BCUT2D eigenvalue weighted by atomic mass is 10.2. The molecule has 120 valence electrons. The Hall–Kier alpha value is -1.83. The molecular formula is C14H18ClN3O4. The van der Waals surface area contributed by atoms with Gasteiger partial charge in [0.25, 0.3) is 0 Å². The smallest absolute Gasteiger partial charge is 0.224 e. The Bertz CT molecular complexity index is 648. The first-order chi connectivity index (χ1) is 10.6. The highest BCUT2D eigenvalue weighted by atomic mass is 35.5. The normalized spacial score (nSPS) is 10.8. The van der Waals surface area contributed by atoms with Crippen molar-refractivity contribution in [3.8, 4) is 11.5 Å². The van der Waals surface area contributed by atoms with Gasteiger partial charge in [-0.05, 0) is 17.7 Å². The summed E-state index contributed by atoms with van der Waals surface area (Å²) >= 11 is 5.99. The van der Waals surface area contributed by atoms with Crippen LogP contribution in [0.5, 0.6) is 11.5 Å². The maximum absolute atomic E-state index is 9.20. The summed E-state index contributed by atoms with van der Waals surface area (Å²) in [6.45, 7) is 0.488. The molecule has 0 aliphatic carbocycles. The van der Waals surface area contributed by atoms with Crippen molar-refractivity contribution in [1.29, 1.82) is 0 Å². The molecule has 0 bridgehead atoms. The summed E-state index contributed by atoms with van der Waals surface area (Å²) < 4.78 is 10.6. The van der Waals surface area contributed by atoms with Gasteiger partial charge in [0.15, 0.2) is 11.5 Å². The van der Waals surface area contributed by atoms with Crippen LogP contribution in [0.1, 0.15) is 0 Å². The van der Waals surface area contributed by atoms with E-state index in [0.717, 1.165) is 0 Å². The number of benzene rings is 1. The minimum Gasteiger partial charge on any atom is -0.493 e. The van der Waals surface area contributed by atoms with Gasteiger partial charge in [-0.3, -0.25) is 0 Å². The van der Waals surface area contributed by atoms with E-state index in [-0.39, 0.29) is 18.5 Å². The highest BCUT2D eigenvalue weighted by molar-refractivity contribution is 6.28. The van der Waals surface area contributed by atoms with Crippen LogP contribution in [0.4, 0.5) is 5.82 Å². The third-order valence-corrected chi connectivity index (χ3v) is 3.36. The summed E-state index contributed by atoms with van der Waals surface area (Å²) in [5.74, 6) is 1.60. The summed E-state index contributed by atoms with van der Waals surface area (Å²) in [4.78, 5) is 10.2. The molecule has 22 heavy (non-hydrogen) atoms. The van der Waals surface area contributed by atoms with E-state index in [2.05, 4.69) is 9.97 Å². The Morgan fingerprint density at radius 3 is 2.18 bits per heavy atom. The molecule has 1 aromatic heterocycles. The number of hydrogen-bond donors (Lipinski definition) is 2. The van der Waals surface area contributed by atoms with Crippen molar-refractivity contribution < 1.29 is 19.7 Å². The first-order valence-electron chi connectivity index (χ1n) is 6.70. The topological polar surface area (TPSA) is 87.9 Å². The molecule has 0 saturated carbocycles. The zero-order valence-corrected chi connectivity index (χ0v) is 13.2. The van der Waals surface area contributed by atoms with Crippen LogP contribution < -0.4 is 14.4 Å². The van der Waals surface area contributed by atoms with Gasteiger partial charge >= 0.3 is 0 Å². The number of ether oxygens (including phenoxy) is 2. The Kier molecular flexibility index (Phi) is 5.59. The number of hydrogen-bond acceptors (Lipinski definition) is 7. The highest BCUT2D eigenvalue weighted by Crippen LogP contribution is 2.35. The fourth-order valence-corrected chi connectivity index (χ4v) is 2.39. The van der Waals surface area contributed by atoms with Gasteiger partial charge in [-0.15, -0.1) is 0 Å². The van der Waals surface area contributed by atoms with E-state index in [0.29, 0.717) is 41.3 Å². The third-order valence-electron chi connectivity index (χ3n) is 3.19. The quantitative estimate of drug-likeness (QED) is 0.736. The lowest BCUT2D eigenvalue weighted by Gasteiger charge is -2.23. The minimum atomic E-state index is -0.0730. The third kappa shape index (κ3) is 3.32. The van der Waals surface area contributed by atoms with Crippen LogP contribution in [0.25, 0.3) is 10.9 Å². The molecule has 0 atom stereocenters. The van der Waals surface area contributed by atoms with E-state index < -0.39 is 0 Å². The molecule has 0 fully saturated rings. The van der Waals surface area contributed by atoms with Crippen LogP contribution in [-0.2, 0) is 0 Å². The second-order valence-electron chi connectivity index (χ2n) is 4.47. The molecule has 0 spiro atoms. The first kappa shape index (κ1) is 16.5. The number of aromatic nitrogens is 2. The number of fused-ring (bicyclic) bond motifs is 1. The van der Waals surface area contributed by atoms with E-state index in [1.807, 2.05) is 0 Å². The first-order valence-corrected chi connectivity index (χ1v) is 7.08. The number of halogens is 1. The number of anilines is 1. The zero-order chi connectivity index (χ0) is 16.1. The summed E-state index contributed by atoms with van der Waals surface area (Å²) in [5.41, 5.74) is 0.591. The Balaban J connectivity index is 2.66. The summed E-state index contributed by atoms with van der Waals surface area (Å²) in [7, 11) is 3.08. The molecule has 0 amide bonds. The van der Waals surface area contributed by atoms with Gasteiger partial charge in [0.05, 0.1) is 33.0 Å². The fraction of sp³-hybridized carbons (Fsp3) is 0.429. The van der Waals surface area contributed by atoms with Crippen molar-refractivity contribution >= 4 is 28.3 Å². The molecular weight excluding hydrogens is 310 g/mol. The molecule has 2 N–H and O–H groups in total. The molecule has 0 unspecified atom stereocenters. The lowest BCUT2D eigenvalue weighted by molar-refractivity contribution is 0.281.